The van der Waals surface area contributed by atoms with Gasteiger partial charge >= 0.3 is 11.9 Å². The molecule has 0 saturated carbocycles. The molecular weight excluding hydrogens is 465 g/mol. The molecule has 0 spiro atoms. The van der Waals surface area contributed by atoms with Gasteiger partial charge in [0.25, 0.3) is 5.56 Å². The molecule has 33 heavy (non-hydrogen) atoms. The number of fused-ring (bicyclic) bond motifs is 1. The van der Waals surface area contributed by atoms with E-state index in [1.54, 1.807) is 0 Å². The maximum Gasteiger partial charge on any atom is 0.426 e. The van der Waals surface area contributed by atoms with Gasteiger partial charge in [-0.3, -0.25) is 13.9 Å². The molecule has 1 fully saturated rings. The number of benzene rings is 1. The summed E-state index contributed by atoms with van der Waals surface area (Å²) in [5, 5.41) is -0.429. The second-order valence-corrected chi connectivity index (χ2v) is 9.17. The summed E-state index contributed by atoms with van der Waals surface area (Å²) in [6.07, 6.45) is -4.57. The first-order valence-corrected chi connectivity index (χ1v) is 11.5. The highest BCUT2D eigenvalue weighted by atomic mass is 32.2. The summed E-state index contributed by atoms with van der Waals surface area (Å²) in [5.74, 6) is -0.557. The molecule has 3 heterocycles. The second kappa shape index (κ2) is 8.11. The molecule has 1 aromatic carbocycles. The van der Waals surface area contributed by atoms with Crippen molar-refractivity contribution in [2.75, 3.05) is 0 Å². The maximum atomic E-state index is 13.2. The summed E-state index contributed by atoms with van der Waals surface area (Å²) < 4.78 is 68.4. The average Bonchev–Trinajstić information content (AvgIpc) is 3.50. The van der Waals surface area contributed by atoms with Gasteiger partial charge in [0, 0.05) is 21.1 Å². The van der Waals surface area contributed by atoms with Gasteiger partial charge in [0.05, 0.1) is 5.75 Å². The van der Waals surface area contributed by atoms with Crippen LogP contribution in [-0.4, -0.2) is 33.3 Å². The predicted octanol–water partition coefficient (Wildman–Crippen LogP) is 0.794. The van der Waals surface area contributed by atoms with Crippen molar-refractivity contribution in [2.24, 2.45) is 21.1 Å². The number of aromatic nitrogens is 4. The molecule has 14 heteroatoms. The van der Waals surface area contributed by atoms with Gasteiger partial charge in [-0.25, -0.2) is 24.1 Å². The normalized spacial score (nSPS) is 15.3. The summed E-state index contributed by atoms with van der Waals surface area (Å²) >= 11 is 0. The lowest BCUT2D eigenvalue weighted by Crippen LogP contribution is -2.37. The molecule has 0 atom stereocenters. The minimum atomic E-state index is -4.57. The number of nitrogens with zero attached hydrogens (tertiary/aromatic N) is 4. The molecule has 3 aromatic rings. The van der Waals surface area contributed by atoms with E-state index in [2.05, 4.69) is 15.8 Å². The summed E-state index contributed by atoms with van der Waals surface area (Å²) in [4.78, 5) is 28.5. The molecule has 1 aliphatic heterocycles. The lowest BCUT2D eigenvalue weighted by molar-refractivity contribution is -0.165. The molecule has 0 bridgehead atoms. The van der Waals surface area contributed by atoms with Gasteiger partial charge in [-0.1, -0.05) is 38.1 Å². The van der Waals surface area contributed by atoms with Gasteiger partial charge in [-0.05, 0) is 11.1 Å². The van der Waals surface area contributed by atoms with E-state index in [-0.39, 0.29) is 22.3 Å². The van der Waals surface area contributed by atoms with Crippen molar-refractivity contribution >= 4 is 21.0 Å². The number of aryl methyl sites for hydroxylation is 2. The first-order valence-electron chi connectivity index (χ1n) is 9.86. The highest BCUT2D eigenvalue weighted by molar-refractivity contribution is 7.90. The van der Waals surface area contributed by atoms with Crippen molar-refractivity contribution in [1.29, 1.82) is 0 Å². The summed E-state index contributed by atoms with van der Waals surface area (Å²) in [6, 6.07) is 4.92. The standard InChI is InChI=1S/C17H17F3N6O4S.C2H6/c1-24-11-12(25(2)15(28)26(3)13(11)27)21-14(24)31(29,30)8-9-4-6-10(7-5-9)16(22-23-16)17(18,19)20;1-2/h4-7,22-23H,8H2,1-3H3;1-2H3. The highest BCUT2D eigenvalue weighted by Crippen LogP contribution is 2.42. The van der Waals surface area contributed by atoms with E-state index in [4.69, 9.17) is 0 Å². The number of halogens is 3. The number of imidazole rings is 1. The molecule has 1 aliphatic rings. The second-order valence-electron chi connectivity index (χ2n) is 7.29. The molecule has 0 unspecified atom stereocenters. The van der Waals surface area contributed by atoms with Crippen LogP contribution in [0.5, 0.6) is 0 Å². The third-order valence-electron chi connectivity index (χ3n) is 5.26. The molecule has 0 radical (unpaired) electrons. The molecule has 10 nitrogen and oxygen atoms in total. The van der Waals surface area contributed by atoms with Crippen molar-refractivity contribution in [1.82, 2.24) is 29.5 Å². The van der Waals surface area contributed by atoms with Gasteiger partial charge in [0.1, 0.15) is 0 Å². The molecule has 2 aromatic heterocycles. The Morgan fingerprint density at radius 1 is 0.970 bits per heavy atom. The Balaban J connectivity index is 0.00000149. The number of sulfone groups is 1. The quantitative estimate of drug-likeness (QED) is 0.518. The zero-order valence-electron chi connectivity index (χ0n) is 18.5. The number of hydrogen-bond acceptors (Lipinski definition) is 7. The predicted molar refractivity (Wildman–Crippen MR) is 114 cm³/mol. The number of nitrogens with one attached hydrogen (secondary N) is 2. The van der Waals surface area contributed by atoms with Crippen LogP contribution in [0.3, 0.4) is 0 Å². The smallest absolute Gasteiger partial charge is 0.312 e. The van der Waals surface area contributed by atoms with Gasteiger partial charge in [-0.15, -0.1) is 0 Å². The van der Waals surface area contributed by atoms with Crippen molar-refractivity contribution in [2.45, 2.75) is 36.6 Å². The first kappa shape index (κ1) is 24.7. The van der Waals surface area contributed by atoms with Gasteiger partial charge in [-0.2, -0.15) is 18.2 Å². The van der Waals surface area contributed by atoms with Crippen LogP contribution in [0.2, 0.25) is 0 Å². The van der Waals surface area contributed by atoms with Gasteiger partial charge in [0.2, 0.25) is 20.7 Å². The Morgan fingerprint density at radius 2 is 1.52 bits per heavy atom. The van der Waals surface area contributed by atoms with E-state index in [0.717, 1.165) is 13.7 Å². The minimum absolute atomic E-state index is 0.0588. The molecule has 180 valence electrons. The third kappa shape index (κ3) is 3.87. The van der Waals surface area contributed by atoms with Crippen LogP contribution in [0.15, 0.2) is 39.0 Å². The number of alkyl halides is 3. The lowest BCUT2D eigenvalue weighted by atomic mass is 10.0. The Kier molecular flexibility index (Phi) is 6.06. The van der Waals surface area contributed by atoms with Crippen molar-refractivity contribution in [3.8, 4) is 0 Å². The molecule has 1 saturated heterocycles. The van der Waals surface area contributed by atoms with E-state index in [1.165, 1.54) is 45.4 Å². The Bertz CT molecular complexity index is 1430. The molecule has 4 rings (SSSR count). The maximum absolute atomic E-state index is 13.2. The van der Waals surface area contributed by atoms with Crippen LogP contribution in [0.4, 0.5) is 13.2 Å². The van der Waals surface area contributed by atoms with Gasteiger partial charge in [0.15, 0.2) is 11.2 Å². The topological polar surface area (TPSA) is 140 Å². The van der Waals surface area contributed by atoms with Crippen LogP contribution in [0.25, 0.3) is 11.2 Å². The lowest BCUT2D eigenvalue weighted by Gasteiger charge is -2.16. The van der Waals surface area contributed by atoms with Crippen LogP contribution >= 0.6 is 0 Å². The van der Waals surface area contributed by atoms with Gasteiger partial charge < -0.3 is 4.57 Å². The molecular formula is C19H23F3N6O4S. The fourth-order valence-electron chi connectivity index (χ4n) is 3.42. The molecule has 0 aliphatic carbocycles. The fourth-order valence-corrected chi connectivity index (χ4v) is 4.92. The van der Waals surface area contributed by atoms with Crippen LogP contribution < -0.4 is 22.1 Å². The van der Waals surface area contributed by atoms with Crippen molar-refractivity contribution in [3.63, 3.8) is 0 Å². The SMILES string of the molecule is CC.Cn1c(=O)c2c(nc(S(=O)(=O)Cc3ccc(C4(C(F)(F)F)NN4)cc3)n2C)n(C)c1=O. The minimum Gasteiger partial charge on any atom is -0.312 e. The monoisotopic (exact) mass is 488 g/mol. The number of rotatable bonds is 4. The zero-order chi connectivity index (χ0) is 24.9. The van der Waals surface area contributed by atoms with Crippen molar-refractivity contribution in [3.05, 3.63) is 56.2 Å². The summed E-state index contributed by atoms with van der Waals surface area (Å²) in [7, 11) is -0.118. The third-order valence-corrected chi connectivity index (χ3v) is 6.89. The largest absolute Gasteiger partial charge is 0.426 e. The van der Waals surface area contributed by atoms with E-state index in [1.807, 2.05) is 13.8 Å². The molecule has 2 N–H and O–H groups in total. The zero-order valence-corrected chi connectivity index (χ0v) is 19.3. The Labute approximate surface area is 186 Å². The van der Waals surface area contributed by atoms with Crippen LogP contribution in [-0.2, 0) is 42.4 Å². The van der Waals surface area contributed by atoms with Crippen LogP contribution in [0, 0.1) is 0 Å². The van der Waals surface area contributed by atoms with E-state index >= 15 is 0 Å². The molecule has 0 amide bonds. The van der Waals surface area contributed by atoms with Crippen LogP contribution in [0.1, 0.15) is 25.0 Å². The fraction of sp³-hybridized carbons (Fsp3) is 0.421. The first-order chi connectivity index (χ1) is 15.3. The summed E-state index contributed by atoms with van der Waals surface area (Å²) in [5.41, 5.74) is 0.440. The van der Waals surface area contributed by atoms with E-state index in [0.29, 0.717) is 0 Å². The number of hydrogen-bond donors (Lipinski definition) is 2. The van der Waals surface area contributed by atoms with Crippen molar-refractivity contribution < 1.29 is 21.6 Å². The van der Waals surface area contributed by atoms with E-state index in [9.17, 15) is 31.2 Å². The highest BCUT2D eigenvalue weighted by Gasteiger charge is 2.65. The Hall–Kier alpha value is -2.97. The number of hydrazine groups is 1. The Morgan fingerprint density at radius 3 is 2.00 bits per heavy atom. The average molecular weight is 488 g/mol. The van der Waals surface area contributed by atoms with E-state index < -0.39 is 43.8 Å². The summed E-state index contributed by atoms with van der Waals surface area (Å²) in [6.45, 7) is 4.00.